The zero-order chi connectivity index (χ0) is 16.8. The largest absolute Gasteiger partial charge is 0.495 e. The Morgan fingerprint density at radius 3 is 2.59 bits per heavy atom. The predicted octanol–water partition coefficient (Wildman–Crippen LogP) is 2.74. The number of hydrogen-bond acceptors (Lipinski definition) is 5. The molecule has 0 atom stereocenters. The lowest BCUT2D eigenvalue weighted by molar-refractivity contribution is 0.0528. The summed E-state index contributed by atoms with van der Waals surface area (Å²) in [5.74, 6) is -0.0332. The standard InChI is InChI=1S/C15H24FN3O3/c1-15(2,3)22-14(20)19-7-5-6-18-12-9-13(21-4)11(17)8-10(12)16/h8-9,18H,5-7,17H2,1-4H3,(H,19,20). The van der Waals surface area contributed by atoms with E-state index in [0.717, 1.165) is 0 Å². The third-order valence-electron chi connectivity index (χ3n) is 2.66. The SMILES string of the molecule is COc1cc(NCCCNC(=O)OC(C)(C)C)c(F)cc1N. The number of nitrogens with one attached hydrogen (secondary N) is 2. The number of amides is 1. The van der Waals surface area contributed by atoms with Crippen LogP contribution in [0.4, 0.5) is 20.6 Å². The fourth-order valence-corrected chi connectivity index (χ4v) is 1.70. The first-order valence-electron chi connectivity index (χ1n) is 7.06. The Balaban J connectivity index is 2.35. The average molecular weight is 313 g/mol. The van der Waals surface area contributed by atoms with Crippen LogP contribution >= 0.6 is 0 Å². The van der Waals surface area contributed by atoms with E-state index in [1.165, 1.54) is 19.2 Å². The zero-order valence-corrected chi connectivity index (χ0v) is 13.5. The molecule has 0 saturated heterocycles. The number of methoxy groups -OCH3 is 1. The van der Waals surface area contributed by atoms with Crippen LogP contribution in [0.5, 0.6) is 5.75 Å². The summed E-state index contributed by atoms with van der Waals surface area (Å²) in [7, 11) is 1.47. The maximum atomic E-state index is 13.7. The fourth-order valence-electron chi connectivity index (χ4n) is 1.70. The molecular formula is C15H24FN3O3. The molecule has 0 heterocycles. The van der Waals surface area contributed by atoms with Crippen molar-refractivity contribution in [2.75, 3.05) is 31.2 Å². The number of anilines is 2. The normalized spacial score (nSPS) is 11.0. The number of benzene rings is 1. The van der Waals surface area contributed by atoms with Crippen molar-refractivity contribution >= 4 is 17.5 Å². The van der Waals surface area contributed by atoms with Gasteiger partial charge in [-0.1, -0.05) is 0 Å². The summed E-state index contributed by atoms with van der Waals surface area (Å²) in [5, 5.41) is 5.57. The van der Waals surface area contributed by atoms with Crippen molar-refractivity contribution in [2.24, 2.45) is 0 Å². The molecule has 7 heteroatoms. The Morgan fingerprint density at radius 2 is 2.00 bits per heavy atom. The van der Waals surface area contributed by atoms with Crippen LogP contribution in [0.25, 0.3) is 0 Å². The van der Waals surface area contributed by atoms with Crippen molar-refractivity contribution in [3.8, 4) is 5.75 Å². The topological polar surface area (TPSA) is 85.6 Å². The van der Waals surface area contributed by atoms with Crippen molar-refractivity contribution in [1.82, 2.24) is 5.32 Å². The molecule has 0 radical (unpaired) electrons. The average Bonchev–Trinajstić information content (AvgIpc) is 2.38. The van der Waals surface area contributed by atoms with Gasteiger partial charge in [0.1, 0.15) is 17.2 Å². The molecule has 0 aliphatic rings. The van der Waals surface area contributed by atoms with Gasteiger partial charge in [0.05, 0.1) is 18.5 Å². The van der Waals surface area contributed by atoms with Crippen molar-refractivity contribution in [3.05, 3.63) is 17.9 Å². The number of ether oxygens (including phenoxy) is 2. The van der Waals surface area contributed by atoms with E-state index in [0.29, 0.717) is 30.9 Å². The maximum Gasteiger partial charge on any atom is 0.407 e. The predicted molar refractivity (Wildman–Crippen MR) is 84.7 cm³/mol. The highest BCUT2D eigenvalue weighted by Gasteiger charge is 2.15. The molecule has 4 N–H and O–H groups in total. The molecule has 0 spiro atoms. The van der Waals surface area contributed by atoms with Crippen LogP contribution in [0.15, 0.2) is 12.1 Å². The van der Waals surface area contributed by atoms with Crippen LogP contribution in [-0.2, 0) is 4.74 Å². The van der Waals surface area contributed by atoms with Crippen LogP contribution in [0.2, 0.25) is 0 Å². The number of carbonyl (C=O) groups excluding carboxylic acids is 1. The number of rotatable bonds is 6. The minimum absolute atomic E-state index is 0.247. The van der Waals surface area contributed by atoms with Gasteiger partial charge >= 0.3 is 6.09 Å². The second-order valence-corrected chi connectivity index (χ2v) is 5.78. The summed E-state index contributed by atoms with van der Waals surface area (Å²) in [6.07, 6.45) is 0.151. The smallest absolute Gasteiger partial charge is 0.407 e. The van der Waals surface area contributed by atoms with Gasteiger partial charge in [0.2, 0.25) is 0 Å². The third kappa shape index (κ3) is 6.07. The van der Waals surface area contributed by atoms with Crippen molar-refractivity contribution < 1.29 is 18.7 Å². The minimum atomic E-state index is -0.522. The number of carbonyl (C=O) groups is 1. The lowest BCUT2D eigenvalue weighted by Crippen LogP contribution is -2.33. The highest BCUT2D eigenvalue weighted by atomic mass is 19.1. The van der Waals surface area contributed by atoms with Crippen LogP contribution < -0.4 is 21.1 Å². The summed E-state index contributed by atoms with van der Waals surface area (Å²) in [5.41, 5.74) is 5.64. The zero-order valence-electron chi connectivity index (χ0n) is 13.5. The summed E-state index contributed by atoms with van der Waals surface area (Å²) < 4.78 is 23.8. The monoisotopic (exact) mass is 313 g/mol. The van der Waals surface area contributed by atoms with Gasteiger partial charge in [-0.15, -0.1) is 0 Å². The van der Waals surface area contributed by atoms with E-state index in [1.54, 1.807) is 20.8 Å². The number of hydrogen-bond donors (Lipinski definition) is 3. The Kier molecular flexibility index (Phi) is 6.27. The van der Waals surface area contributed by atoms with Gasteiger partial charge in [-0.05, 0) is 27.2 Å². The molecule has 0 fully saturated rings. The molecule has 124 valence electrons. The second kappa shape index (κ2) is 7.72. The summed E-state index contributed by atoms with van der Waals surface area (Å²) in [6, 6.07) is 2.71. The number of halogens is 1. The molecule has 0 bridgehead atoms. The minimum Gasteiger partial charge on any atom is -0.495 e. The first kappa shape index (κ1) is 17.9. The van der Waals surface area contributed by atoms with E-state index in [1.807, 2.05) is 0 Å². The molecule has 0 aliphatic heterocycles. The van der Waals surface area contributed by atoms with Crippen molar-refractivity contribution in [1.29, 1.82) is 0 Å². The quantitative estimate of drug-likeness (QED) is 0.555. The Bertz CT molecular complexity index is 515. The highest BCUT2D eigenvalue weighted by molar-refractivity contribution is 5.67. The first-order valence-corrected chi connectivity index (χ1v) is 7.06. The molecule has 1 rings (SSSR count). The summed E-state index contributed by atoms with van der Waals surface area (Å²) in [4.78, 5) is 11.4. The first-order chi connectivity index (χ1) is 10.2. The fraction of sp³-hybridized carbons (Fsp3) is 0.533. The Hall–Kier alpha value is -2.18. The van der Waals surface area contributed by atoms with E-state index in [2.05, 4.69) is 10.6 Å². The van der Waals surface area contributed by atoms with Gasteiger partial charge in [0.15, 0.2) is 0 Å². The second-order valence-electron chi connectivity index (χ2n) is 5.78. The van der Waals surface area contributed by atoms with Crippen LogP contribution in [0, 0.1) is 5.82 Å². The van der Waals surface area contributed by atoms with E-state index < -0.39 is 17.5 Å². The Labute approximate surface area is 130 Å². The highest BCUT2D eigenvalue weighted by Crippen LogP contribution is 2.28. The number of alkyl carbamates (subject to hydrolysis) is 1. The molecule has 0 aliphatic carbocycles. The lowest BCUT2D eigenvalue weighted by atomic mass is 10.2. The molecule has 0 unspecified atom stereocenters. The van der Waals surface area contributed by atoms with Crippen LogP contribution in [0.3, 0.4) is 0 Å². The maximum absolute atomic E-state index is 13.7. The van der Waals surface area contributed by atoms with Gasteiger partial charge in [0.25, 0.3) is 0 Å². The van der Waals surface area contributed by atoms with E-state index in [4.69, 9.17) is 15.2 Å². The van der Waals surface area contributed by atoms with Gasteiger partial charge in [-0.25, -0.2) is 9.18 Å². The van der Waals surface area contributed by atoms with E-state index in [-0.39, 0.29) is 5.69 Å². The van der Waals surface area contributed by atoms with Gasteiger partial charge in [0, 0.05) is 25.2 Å². The molecule has 1 aromatic carbocycles. The van der Waals surface area contributed by atoms with E-state index >= 15 is 0 Å². The van der Waals surface area contributed by atoms with Crippen LogP contribution in [-0.4, -0.2) is 31.9 Å². The Morgan fingerprint density at radius 1 is 1.32 bits per heavy atom. The van der Waals surface area contributed by atoms with E-state index in [9.17, 15) is 9.18 Å². The van der Waals surface area contributed by atoms with Crippen LogP contribution in [0.1, 0.15) is 27.2 Å². The van der Waals surface area contributed by atoms with Crippen molar-refractivity contribution in [3.63, 3.8) is 0 Å². The molecule has 0 aromatic heterocycles. The van der Waals surface area contributed by atoms with Gasteiger partial charge < -0.3 is 25.8 Å². The molecule has 1 amide bonds. The molecule has 22 heavy (non-hydrogen) atoms. The van der Waals surface area contributed by atoms with Gasteiger partial charge in [-0.2, -0.15) is 0 Å². The number of nitrogen functional groups attached to an aromatic ring is 1. The third-order valence-corrected chi connectivity index (χ3v) is 2.66. The molecule has 0 saturated carbocycles. The lowest BCUT2D eigenvalue weighted by Gasteiger charge is -2.19. The molecular weight excluding hydrogens is 289 g/mol. The number of nitrogens with two attached hydrogens (primary N) is 1. The van der Waals surface area contributed by atoms with Gasteiger partial charge in [-0.3, -0.25) is 0 Å². The summed E-state index contributed by atoms with van der Waals surface area (Å²) in [6.45, 7) is 6.30. The summed E-state index contributed by atoms with van der Waals surface area (Å²) >= 11 is 0. The molecule has 1 aromatic rings. The van der Waals surface area contributed by atoms with Crippen molar-refractivity contribution in [2.45, 2.75) is 32.8 Å². The molecule has 6 nitrogen and oxygen atoms in total.